The number of hydrogen-bond acceptors (Lipinski definition) is 10. The molecule has 15 heteroatoms. The summed E-state index contributed by atoms with van der Waals surface area (Å²) >= 11 is 0. The van der Waals surface area contributed by atoms with Gasteiger partial charge in [0.2, 0.25) is 5.88 Å². The number of hydrogen-bond donors (Lipinski definition) is 4. The van der Waals surface area contributed by atoms with E-state index in [-0.39, 0.29) is 56.0 Å². The van der Waals surface area contributed by atoms with E-state index in [4.69, 9.17) is 13.6 Å². The van der Waals surface area contributed by atoms with Gasteiger partial charge in [0.05, 0.1) is 41.1 Å². The van der Waals surface area contributed by atoms with Crippen LogP contribution in [0.3, 0.4) is 0 Å². The van der Waals surface area contributed by atoms with Crippen LogP contribution in [0.4, 0.5) is 14.9 Å². The number of nitriles is 1. The van der Waals surface area contributed by atoms with Crippen LogP contribution in [-0.4, -0.2) is 54.6 Å². The predicted octanol–water partition coefficient (Wildman–Crippen LogP) is 1.47. The van der Waals surface area contributed by atoms with Crippen LogP contribution in [0.5, 0.6) is 11.6 Å². The molecule has 1 aromatic carbocycles. The molecule has 0 atom stereocenters. The summed E-state index contributed by atoms with van der Waals surface area (Å²) < 4.78 is 49.8. The Labute approximate surface area is 227 Å². The van der Waals surface area contributed by atoms with Gasteiger partial charge in [-0.15, -0.1) is 0 Å². The molecule has 1 aliphatic heterocycles. The third kappa shape index (κ3) is 3.65. The lowest BCUT2D eigenvalue weighted by molar-refractivity contribution is -0.125. The van der Waals surface area contributed by atoms with Crippen molar-refractivity contribution in [2.24, 2.45) is 7.05 Å². The fraction of sp³-hybridized carbons (Fsp3) is 0.240. The Morgan fingerprint density at radius 1 is 1.43 bits per heavy atom. The van der Waals surface area contributed by atoms with Crippen molar-refractivity contribution in [1.82, 2.24) is 30.3 Å². The first kappa shape index (κ1) is 21.6. The Hall–Kier alpha value is -5.36. The van der Waals surface area contributed by atoms with Crippen LogP contribution in [0.1, 0.15) is 28.2 Å². The largest absolute Gasteiger partial charge is 0.474 e. The summed E-state index contributed by atoms with van der Waals surface area (Å²) in [5.74, 6) is -2.00. The molecule has 6 rings (SSSR count). The molecule has 0 saturated heterocycles. The van der Waals surface area contributed by atoms with E-state index < -0.39 is 48.4 Å². The number of H-pyrrole nitrogens is 1. The van der Waals surface area contributed by atoms with Crippen LogP contribution < -0.4 is 25.7 Å². The van der Waals surface area contributed by atoms with Crippen LogP contribution >= 0.6 is 0 Å². The number of aliphatic hydroxyl groups excluding tert-OH is 1. The second kappa shape index (κ2) is 8.85. The molecule has 40 heavy (non-hydrogen) atoms. The second-order valence-corrected chi connectivity index (χ2v) is 9.09. The maximum absolute atomic E-state index is 15.8. The number of anilines is 1. The van der Waals surface area contributed by atoms with Gasteiger partial charge in [-0.25, -0.2) is 19.3 Å². The number of benzene rings is 1. The van der Waals surface area contributed by atoms with Gasteiger partial charge in [0, 0.05) is 48.0 Å². The van der Waals surface area contributed by atoms with E-state index in [1.165, 1.54) is 24.0 Å². The number of rotatable bonds is 4. The van der Waals surface area contributed by atoms with Crippen LogP contribution in [-0.2, 0) is 18.4 Å². The maximum Gasteiger partial charge on any atom is 0.413 e. The first-order chi connectivity index (χ1) is 20.4. The number of aliphatic hydroxyl groups is 1. The zero-order valence-corrected chi connectivity index (χ0v) is 20.5. The van der Waals surface area contributed by atoms with E-state index >= 15 is 4.39 Å². The summed E-state index contributed by atoms with van der Waals surface area (Å²) in [7, 11) is 1.47. The molecule has 3 aromatic heterocycles. The standard InChI is InChI=1S/C25H19FN8O6/c1-28-24(38)39-22-18-10(16(9-35)32-33-21(18)36)5-14(30-22)12-8-29-34(2)19(12)17-11(7-27)20-15(6-13(17)26)31-23(37)25(40-20)3-4-25/h5-6,8,35H,3-4,9H2,1-2H3,(H,28,38)(H,31,37)(H,33,36)/i1D3. The molecule has 2 amide bonds. The van der Waals surface area contributed by atoms with Crippen molar-refractivity contribution >= 4 is 28.5 Å². The Balaban J connectivity index is 1.57. The molecule has 1 spiro atoms. The van der Waals surface area contributed by atoms with Crippen molar-refractivity contribution in [3.8, 4) is 40.2 Å². The maximum atomic E-state index is 15.8. The van der Waals surface area contributed by atoms with Gasteiger partial charge in [-0.1, -0.05) is 0 Å². The van der Waals surface area contributed by atoms with Gasteiger partial charge in [0.1, 0.15) is 22.8 Å². The van der Waals surface area contributed by atoms with Gasteiger partial charge >= 0.3 is 6.09 Å². The fourth-order valence-corrected chi connectivity index (χ4v) is 4.66. The van der Waals surface area contributed by atoms with Crippen molar-refractivity contribution < 1.29 is 32.7 Å². The van der Waals surface area contributed by atoms with Gasteiger partial charge in [-0.3, -0.25) is 14.3 Å². The molecule has 1 saturated carbocycles. The monoisotopic (exact) mass is 549 g/mol. The lowest BCUT2D eigenvalue weighted by Gasteiger charge is -2.27. The van der Waals surface area contributed by atoms with E-state index in [0.717, 1.165) is 6.07 Å². The van der Waals surface area contributed by atoms with Crippen molar-refractivity contribution in [3.63, 3.8) is 0 Å². The topological polar surface area (TPSA) is 197 Å². The molecule has 0 unspecified atom stereocenters. The van der Waals surface area contributed by atoms with E-state index in [1.54, 1.807) is 5.32 Å². The predicted molar refractivity (Wildman–Crippen MR) is 135 cm³/mol. The minimum Gasteiger partial charge on any atom is -0.474 e. The van der Waals surface area contributed by atoms with Gasteiger partial charge in [0.25, 0.3) is 11.5 Å². The summed E-state index contributed by atoms with van der Waals surface area (Å²) in [6.45, 7) is -3.59. The number of fused-ring (bicyclic) bond motifs is 2. The number of amides is 2. The molecule has 0 radical (unpaired) electrons. The molecule has 1 aliphatic carbocycles. The number of nitrogens with zero attached hydrogens (tertiary/aromatic N) is 5. The second-order valence-electron chi connectivity index (χ2n) is 9.09. The quantitative estimate of drug-likeness (QED) is 0.289. The van der Waals surface area contributed by atoms with Crippen LogP contribution in [0, 0.1) is 17.1 Å². The highest BCUT2D eigenvalue weighted by Gasteiger charge is 2.56. The number of carbonyl (C=O) groups is 2. The molecule has 4 N–H and O–H groups in total. The normalized spacial score (nSPS) is 16.1. The van der Waals surface area contributed by atoms with E-state index in [1.807, 2.05) is 6.07 Å². The fourth-order valence-electron chi connectivity index (χ4n) is 4.66. The summed E-state index contributed by atoms with van der Waals surface area (Å²) in [6, 6.07) is 4.29. The molecular weight excluding hydrogens is 527 g/mol. The zero-order chi connectivity index (χ0) is 30.8. The summed E-state index contributed by atoms with van der Waals surface area (Å²) in [5, 5.41) is 34.0. The van der Waals surface area contributed by atoms with Crippen LogP contribution in [0.25, 0.3) is 33.3 Å². The highest BCUT2D eigenvalue weighted by molar-refractivity contribution is 6.04. The van der Waals surface area contributed by atoms with E-state index in [9.17, 15) is 24.8 Å². The number of aromatic nitrogens is 5. The van der Waals surface area contributed by atoms with Gasteiger partial charge < -0.3 is 25.2 Å². The highest BCUT2D eigenvalue weighted by atomic mass is 19.1. The summed E-state index contributed by atoms with van der Waals surface area (Å²) in [5.41, 5.74) is -2.48. The van der Waals surface area contributed by atoms with E-state index in [2.05, 4.69) is 25.6 Å². The smallest absolute Gasteiger partial charge is 0.413 e. The van der Waals surface area contributed by atoms with Crippen molar-refractivity contribution in [2.45, 2.75) is 25.0 Å². The lowest BCUT2D eigenvalue weighted by atomic mass is 9.96. The van der Waals surface area contributed by atoms with Gasteiger partial charge in [-0.2, -0.15) is 15.5 Å². The number of halogens is 1. The Bertz CT molecular complexity index is 1980. The zero-order valence-electron chi connectivity index (χ0n) is 23.5. The molecule has 2 aliphatic rings. The molecule has 202 valence electrons. The van der Waals surface area contributed by atoms with Crippen LogP contribution in [0.15, 0.2) is 23.1 Å². The van der Waals surface area contributed by atoms with Crippen molar-refractivity contribution in [3.05, 3.63) is 45.8 Å². The number of carbonyl (C=O) groups excluding carboxylic acids is 2. The summed E-state index contributed by atoms with van der Waals surface area (Å²) in [4.78, 5) is 41.8. The molecule has 1 fully saturated rings. The lowest BCUT2D eigenvalue weighted by Crippen LogP contribution is -2.39. The molecule has 4 aromatic rings. The Morgan fingerprint density at radius 3 is 2.92 bits per heavy atom. The number of ether oxygens (including phenoxy) is 2. The number of aromatic amines is 1. The Kier molecular flexibility index (Phi) is 4.77. The summed E-state index contributed by atoms with van der Waals surface area (Å²) in [6.07, 6.45) is 0.665. The number of nitrogens with one attached hydrogen (secondary N) is 3. The van der Waals surface area contributed by atoms with E-state index in [0.29, 0.717) is 12.8 Å². The average molecular weight is 549 g/mol. The SMILES string of the molecule is [2H]C([2H])([2H])NC(=O)Oc1nc(-c2cnn(C)c2-c2c(F)cc3c(c2C#N)OC2(CC2)C(=O)N3)cc2c(CO)n[nH]c(=O)c12. The molecule has 0 bridgehead atoms. The molecule has 14 nitrogen and oxygen atoms in total. The minimum absolute atomic E-state index is 0.0123. The third-order valence-corrected chi connectivity index (χ3v) is 6.72. The first-order valence-corrected chi connectivity index (χ1v) is 11.7. The Morgan fingerprint density at radius 2 is 2.23 bits per heavy atom. The number of aryl methyl sites for hydroxylation is 1. The minimum atomic E-state index is -2.93. The molecular formula is C25H19FN8O6. The van der Waals surface area contributed by atoms with Crippen molar-refractivity contribution in [2.75, 3.05) is 12.3 Å². The van der Waals surface area contributed by atoms with Gasteiger partial charge in [-0.05, 0) is 6.07 Å². The van der Waals surface area contributed by atoms with Gasteiger partial charge in [0.15, 0.2) is 11.4 Å². The number of pyridine rings is 1. The highest BCUT2D eigenvalue weighted by Crippen LogP contribution is 2.51. The average Bonchev–Trinajstić information content (AvgIpc) is 3.61. The van der Waals surface area contributed by atoms with Crippen molar-refractivity contribution in [1.29, 1.82) is 5.26 Å². The first-order valence-electron chi connectivity index (χ1n) is 13.2. The molecule has 4 heterocycles. The van der Waals surface area contributed by atoms with Crippen LogP contribution in [0.2, 0.25) is 0 Å². The third-order valence-electron chi connectivity index (χ3n) is 6.72.